The fourth-order valence-corrected chi connectivity index (χ4v) is 2.11. The van der Waals surface area contributed by atoms with E-state index >= 15 is 0 Å². The second kappa shape index (κ2) is 6.05. The normalized spacial score (nSPS) is 14.1. The van der Waals surface area contributed by atoms with Crippen molar-refractivity contribution in [3.63, 3.8) is 0 Å². The monoisotopic (exact) mass is 286 g/mol. The number of amides is 1. The lowest BCUT2D eigenvalue weighted by atomic mass is 10.0. The van der Waals surface area contributed by atoms with Gasteiger partial charge in [-0.3, -0.25) is 4.79 Å². The zero-order valence-corrected chi connectivity index (χ0v) is 11.9. The number of rotatable bonds is 6. The summed E-state index contributed by atoms with van der Waals surface area (Å²) in [6, 6.07) is 8.14. The van der Waals surface area contributed by atoms with E-state index in [1.165, 1.54) is 0 Å². The van der Waals surface area contributed by atoms with E-state index in [2.05, 4.69) is 20.8 Å². The van der Waals surface area contributed by atoms with Gasteiger partial charge in [-0.05, 0) is 44.5 Å². The van der Waals surface area contributed by atoms with Crippen molar-refractivity contribution >= 4 is 5.91 Å². The molecule has 1 fully saturated rings. The first kappa shape index (κ1) is 13.8. The first-order valence-corrected chi connectivity index (χ1v) is 7.15. The Bertz CT molecular complexity index is 634. The van der Waals surface area contributed by atoms with E-state index in [4.69, 9.17) is 4.52 Å². The molecule has 1 aromatic heterocycles. The summed E-state index contributed by atoms with van der Waals surface area (Å²) in [5.41, 5.74) is 2.00. The van der Waals surface area contributed by atoms with Crippen LogP contribution >= 0.6 is 0 Å². The van der Waals surface area contributed by atoms with Gasteiger partial charge in [-0.15, -0.1) is 0 Å². The smallest absolute Gasteiger partial charge is 0.292 e. The van der Waals surface area contributed by atoms with Gasteiger partial charge in [-0.1, -0.05) is 23.4 Å². The highest BCUT2D eigenvalue weighted by Gasteiger charge is 2.26. The molecule has 1 aliphatic carbocycles. The summed E-state index contributed by atoms with van der Waals surface area (Å²) in [7, 11) is 1.91. The molecule has 2 aromatic rings. The Balaban J connectivity index is 1.80. The molecule has 1 heterocycles. The van der Waals surface area contributed by atoms with Crippen LogP contribution in [0.4, 0.5) is 0 Å². The van der Waals surface area contributed by atoms with Crippen LogP contribution in [0.1, 0.15) is 29.0 Å². The number of nitrogens with zero attached hydrogens (tertiary/aromatic N) is 2. The average Bonchev–Trinajstić information content (AvgIpc) is 3.18. The van der Waals surface area contributed by atoms with Gasteiger partial charge >= 0.3 is 0 Å². The topological polar surface area (TPSA) is 80.0 Å². The Morgan fingerprint density at radius 2 is 2.19 bits per heavy atom. The van der Waals surface area contributed by atoms with Gasteiger partial charge < -0.3 is 15.2 Å². The van der Waals surface area contributed by atoms with Crippen LogP contribution in [0.2, 0.25) is 0 Å². The van der Waals surface area contributed by atoms with Gasteiger partial charge in [0.05, 0.1) is 0 Å². The van der Waals surface area contributed by atoms with Gasteiger partial charge in [-0.2, -0.15) is 4.98 Å². The highest BCUT2D eigenvalue weighted by Crippen LogP contribution is 2.23. The fourth-order valence-electron chi connectivity index (χ4n) is 2.11. The highest BCUT2D eigenvalue weighted by atomic mass is 16.5. The number of nitrogens with one attached hydrogen (secondary N) is 2. The molecule has 3 rings (SSSR count). The van der Waals surface area contributed by atoms with Crippen LogP contribution < -0.4 is 10.6 Å². The van der Waals surface area contributed by atoms with Crippen LogP contribution in [0.25, 0.3) is 11.5 Å². The molecule has 0 aliphatic heterocycles. The van der Waals surface area contributed by atoms with E-state index in [1.54, 1.807) is 0 Å². The summed E-state index contributed by atoms with van der Waals surface area (Å²) in [5, 5.41) is 9.75. The Labute approximate surface area is 122 Å². The van der Waals surface area contributed by atoms with E-state index in [0.717, 1.165) is 36.9 Å². The minimum Gasteiger partial charge on any atom is -0.346 e. The number of likely N-dealkylation sites (N-methyl/N-ethyl adjacent to an activating group) is 1. The van der Waals surface area contributed by atoms with E-state index in [-0.39, 0.29) is 17.8 Å². The van der Waals surface area contributed by atoms with Crippen molar-refractivity contribution in [3.8, 4) is 11.5 Å². The lowest BCUT2D eigenvalue weighted by Gasteiger charge is -2.05. The average molecular weight is 286 g/mol. The first-order valence-electron chi connectivity index (χ1n) is 7.15. The third-order valence-corrected chi connectivity index (χ3v) is 3.43. The highest BCUT2D eigenvalue weighted by molar-refractivity contribution is 5.91. The molecule has 0 spiro atoms. The molecule has 110 valence electrons. The zero-order valence-electron chi connectivity index (χ0n) is 11.9. The minimum absolute atomic E-state index is 0.0975. The van der Waals surface area contributed by atoms with Crippen LogP contribution in [0.5, 0.6) is 0 Å². The second-order valence-corrected chi connectivity index (χ2v) is 5.18. The summed E-state index contributed by atoms with van der Waals surface area (Å²) in [6.07, 6.45) is 2.92. The predicted molar refractivity (Wildman–Crippen MR) is 77.9 cm³/mol. The van der Waals surface area contributed by atoms with Gasteiger partial charge in [0, 0.05) is 11.6 Å². The molecule has 1 aromatic carbocycles. The molecule has 6 heteroatoms. The predicted octanol–water partition coefficient (Wildman–Crippen LogP) is 1.39. The number of hydrogen-bond donors (Lipinski definition) is 2. The Hall–Kier alpha value is -2.21. The molecule has 0 radical (unpaired) electrons. The molecule has 6 nitrogen and oxygen atoms in total. The van der Waals surface area contributed by atoms with Crippen molar-refractivity contribution in [1.29, 1.82) is 0 Å². The number of benzene rings is 1. The minimum atomic E-state index is -0.264. The van der Waals surface area contributed by atoms with Gasteiger partial charge in [0.1, 0.15) is 0 Å². The summed E-state index contributed by atoms with van der Waals surface area (Å²) >= 11 is 0. The summed E-state index contributed by atoms with van der Waals surface area (Å²) in [5.74, 6) is 0.225. The Kier molecular flexibility index (Phi) is 3.96. The third kappa shape index (κ3) is 3.28. The third-order valence-electron chi connectivity index (χ3n) is 3.43. The Morgan fingerprint density at radius 3 is 2.95 bits per heavy atom. The zero-order chi connectivity index (χ0) is 14.7. The van der Waals surface area contributed by atoms with Gasteiger partial charge in [0.25, 0.3) is 17.6 Å². The molecule has 1 saturated carbocycles. The van der Waals surface area contributed by atoms with Crippen molar-refractivity contribution in [2.45, 2.75) is 25.3 Å². The van der Waals surface area contributed by atoms with E-state index < -0.39 is 0 Å². The van der Waals surface area contributed by atoms with Crippen molar-refractivity contribution in [1.82, 2.24) is 20.8 Å². The van der Waals surface area contributed by atoms with Crippen LogP contribution in [0, 0.1) is 0 Å². The number of hydrogen-bond acceptors (Lipinski definition) is 5. The van der Waals surface area contributed by atoms with Crippen molar-refractivity contribution in [2.24, 2.45) is 0 Å². The SMILES string of the molecule is CNCCc1ccccc1-c1nc(C(=O)NC2CC2)no1. The molecular formula is C15H18N4O2. The number of carbonyl (C=O) groups excluding carboxylic acids is 1. The number of aromatic nitrogens is 2. The molecular weight excluding hydrogens is 268 g/mol. The van der Waals surface area contributed by atoms with Gasteiger partial charge in [0.15, 0.2) is 0 Å². The van der Waals surface area contributed by atoms with Gasteiger partial charge in [-0.25, -0.2) is 0 Å². The van der Waals surface area contributed by atoms with Crippen LogP contribution in [-0.4, -0.2) is 35.7 Å². The van der Waals surface area contributed by atoms with E-state index in [0.29, 0.717) is 5.89 Å². The summed E-state index contributed by atoms with van der Waals surface area (Å²) in [6.45, 7) is 0.861. The van der Waals surface area contributed by atoms with E-state index in [1.807, 2.05) is 31.3 Å². The lowest BCUT2D eigenvalue weighted by Crippen LogP contribution is -2.26. The van der Waals surface area contributed by atoms with Gasteiger partial charge in [0.2, 0.25) is 0 Å². The molecule has 2 N–H and O–H groups in total. The molecule has 0 unspecified atom stereocenters. The van der Waals surface area contributed by atoms with Crippen LogP contribution in [0.15, 0.2) is 28.8 Å². The largest absolute Gasteiger partial charge is 0.346 e. The quantitative estimate of drug-likeness (QED) is 0.839. The second-order valence-electron chi connectivity index (χ2n) is 5.18. The van der Waals surface area contributed by atoms with Crippen LogP contribution in [-0.2, 0) is 6.42 Å². The van der Waals surface area contributed by atoms with Crippen molar-refractivity contribution < 1.29 is 9.32 Å². The maximum Gasteiger partial charge on any atom is 0.292 e. The molecule has 1 aliphatic rings. The van der Waals surface area contributed by atoms with Crippen molar-refractivity contribution in [3.05, 3.63) is 35.7 Å². The lowest BCUT2D eigenvalue weighted by molar-refractivity contribution is 0.0937. The summed E-state index contributed by atoms with van der Waals surface area (Å²) < 4.78 is 5.25. The fraction of sp³-hybridized carbons (Fsp3) is 0.400. The summed E-state index contributed by atoms with van der Waals surface area (Å²) in [4.78, 5) is 16.1. The first-order chi connectivity index (χ1) is 10.3. The van der Waals surface area contributed by atoms with E-state index in [9.17, 15) is 4.79 Å². The Morgan fingerprint density at radius 1 is 1.38 bits per heavy atom. The van der Waals surface area contributed by atoms with Crippen LogP contribution in [0.3, 0.4) is 0 Å². The maximum absolute atomic E-state index is 11.9. The molecule has 1 amide bonds. The maximum atomic E-state index is 11.9. The standard InChI is InChI=1S/C15H18N4O2/c1-16-9-8-10-4-2-3-5-12(10)15-18-13(19-21-15)14(20)17-11-6-7-11/h2-5,11,16H,6-9H2,1H3,(H,17,20). The molecule has 0 atom stereocenters. The van der Waals surface area contributed by atoms with Crippen molar-refractivity contribution in [2.75, 3.05) is 13.6 Å². The molecule has 0 bridgehead atoms. The molecule has 0 saturated heterocycles. The number of carbonyl (C=O) groups is 1. The molecule has 21 heavy (non-hydrogen) atoms.